The molecule has 0 spiro atoms. The van der Waals surface area contributed by atoms with Crippen LogP contribution in [0.3, 0.4) is 0 Å². The molecule has 17 heavy (non-hydrogen) atoms. The molecule has 1 rings (SSSR count). The van der Waals surface area contributed by atoms with Gasteiger partial charge in [-0.05, 0) is 40.6 Å². The molecule has 0 aliphatic carbocycles. The molecular formula is C12H12Br2O3. The SMILES string of the molecule is CCCOc1c(Br)cc(Br)cc1/C=C/C(=O)O. The third-order valence-corrected chi connectivity index (χ3v) is 2.94. The van der Waals surface area contributed by atoms with Crippen molar-refractivity contribution in [3.05, 3.63) is 32.7 Å². The van der Waals surface area contributed by atoms with Gasteiger partial charge in [-0.15, -0.1) is 0 Å². The number of hydrogen-bond donors (Lipinski definition) is 1. The van der Waals surface area contributed by atoms with Crippen molar-refractivity contribution in [3.63, 3.8) is 0 Å². The maximum atomic E-state index is 10.5. The third kappa shape index (κ3) is 4.52. The van der Waals surface area contributed by atoms with Gasteiger partial charge in [-0.1, -0.05) is 22.9 Å². The topological polar surface area (TPSA) is 46.5 Å². The molecule has 0 unspecified atom stereocenters. The molecule has 0 fully saturated rings. The Morgan fingerprint density at radius 2 is 2.18 bits per heavy atom. The van der Waals surface area contributed by atoms with Gasteiger partial charge in [0.25, 0.3) is 0 Å². The van der Waals surface area contributed by atoms with Crippen molar-refractivity contribution >= 4 is 43.9 Å². The first kappa shape index (κ1) is 14.3. The average Bonchev–Trinajstić information content (AvgIpc) is 2.24. The molecule has 1 aromatic rings. The average molecular weight is 364 g/mol. The van der Waals surface area contributed by atoms with Crippen molar-refractivity contribution < 1.29 is 14.6 Å². The highest BCUT2D eigenvalue weighted by Gasteiger charge is 2.08. The van der Waals surface area contributed by atoms with Crippen molar-refractivity contribution in [1.29, 1.82) is 0 Å². The summed E-state index contributed by atoms with van der Waals surface area (Å²) in [5, 5.41) is 8.63. The summed E-state index contributed by atoms with van der Waals surface area (Å²) in [7, 11) is 0. The van der Waals surface area contributed by atoms with E-state index in [1.165, 1.54) is 6.08 Å². The van der Waals surface area contributed by atoms with Gasteiger partial charge in [-0.2, -0.15) is 0 Å². The molecule has 1 N–H and O–H groups in total. The highest BCUT2D eigenvalue weighted by atomic mass is 79.9. The molecule has 3 nitrogen and oxygen atoms in total. The minimum atomic E-state index is -0.984. The number of carbonyl (C=O) groups is 1. The largest absolute Gasteiger partial charge is 0.492 e. The molecule has 0 amide bonds. The number of halogens is 2. The van der Waals surface area contributed by atoms with E-state index in [0.717, 1.165) is 27.0 Å². The van der Waals surface area contributed by atoms with E-state index in [2.05, 4.69) is 31.9 Å². The van der Waals surface area contributed by atoms with Gasteiger partial charge in [-0.3, -0.25) is 0 Å². The van der Waals surface area contributed by atoms with E-state index < -0.39 is 5.97 Å². The number of rotatable bonds is 5. The predicted molar refractivity (Wildman–Crippen MR) is 74.3 cm³/mol. The molecule has 0 aromatic heterocycles. The summed E-state index contributed by atoms with van der Waals surface area (Å²) < 4.78 is 7.25. The van der Waals surface area contributed by atoms with Crippen LogP contribution in [0.4, 0.5) is 0 Å². The molecule has 1 aromatic carbocycles. The molecule has 92 valence electrons. The van der Waals surface area contributed by atoms with Crippen LogP contribution in [0, 0.1) is 0 Å². The van der Waals surface area contributed by atoms with E-state index in [9.17, 15) is 4.79 Å². The van der Waals surface area contributed by atoms with Gasteiger partial charge in [0.05, 0.1) is 11.1 Å². The van der Waals surface area contributed by atoms with Gasteiger partial charge < -0.3 is 9.84 Å². The van der Waals surface area contributed by atoms with Crippen LogP contribution in [-0.2, 0) is 4.79 Å². The summed E-state index contributed by atoms with van der Waals surface area (Å²) >= 11 is 6.75. The van der Waals surface area contributed by atoms with Crippen molar-refractivity contribution in [3.8, 4) is 5.75 Å². The second kappa shape index (κ2) is 6.81. The van der Waals surface area contributed by atoms with Crippen LogP contribution < -0.4 is 4.74 Å². The van der Waals surface area contributed by atoms with Crippen molar-refractivity contribution in [2.75, 3.05) is 6.61 Å². The molecule has 0 radical (unpaired) electrons. The molecule has 0 atom stereocenters. The zero-order valence-electron chi connectivity index (χ0n) is 9.24. The fourth-order valence-corrected chi connectivity index (χ4v) is 2.59. The number of ether oxygens (including phenoxy) is 1. The lowest BCUT2D eigenvalue weighted by molar-refractivity contribution is -0.131. The van der Waals surface area contributed by atoms with Gasteiger partial charge in [-0.25, -0.2) is 4.79 Å². The highest BCUT2D eigenvalue weighted by molar-refractivity contribution is 9.11. The molecule has 0 saturated heterocycles. The molecule has 0 aliphatic rings. The van der Waals surface area contributed by atoms with E-state index in [1.807, 2.05) is 19.1 Å². The monoisotopic (exact) mass is 362 g/mol. The summed E-state index contributed by atoms with van der Waals surface area (Å²) in [4.78, 5) is 10.5. The molecule has 0 bridgehead atoms. The van der Waals surface area contributed by atoms with Crippen molar-refractivity contribution in [2.24, 2.45) is 0 Å². The summed E-state index contributed by atoms with van der Waals surface area (Å²) in [5.41, 5.74) is 0.724. The van der Waals surface area contributed by atoms with E-state index in [1.54, 1.807) is 0 Å². The van der Waals surface area contributed by atoms with E-state index in [0.29, 0.717) is 12.4 Å². The zero-order chi connectivity index (χ0) is 12.8. The smallest absolute Gasteiger partial charge is 0.328 e. The third-order valence-electron chi connectivity index (χ3n) is 1.89. The summed E-state index contributed by atoms with van der Waals surface area (Å²) in [5.74, 6) is -0.324. The number of benzene rings is 1. The van der Waals surface area contributed by atoms with Crippen LogP contribution in [0.15, 0.2) is 27.2 Å². The van der Waals surface area contributed by atoms with Gasteiger partial charge in [0, 0.05) is 16.1 Å². The van der Waals surface area contributed by atoms with Gasteiger partial charge >= 0.3 is 5.97 Å². The maximum Gasteiger partial charge on any atom is 0.328 e. The lowest BCUT2D eigenvalue weighted by atomic mass is 10.2. The first-order chi connectivity index (χ1) is 8.04. The fourth-order valence-electron chi connectivity index (χ4n) is 1.22. The zero-order valence-corrected chi connectivity index (χ0v) is 12.4. The molecule has 0 heterocycles. The fraction of sp³-hybridized carbons (Fsp3) is 0.250. The van der Waals surface area contributed by atoms with Crippen molar-refractivity contribution in [1.82, 2.24) is 0 Å². The second-order valence-corrected chi connectivity index (χ2v) is 5.10. The summed E-state index contributed by atoms with van der Waals surface area (Å²) in [6.45, 7) is 2.60. The molecular weight excluding hydrogens is 352 g/mol. The summed E-state index contributed by atoms with van der Waals surface area (Å²) in [6, 6.07) is 3.68. The number of hydrogen-bond acceptors (Lipinski definition) is 2. The minimum Gasteiger partial charge on any atom is -0.492 e. The maximum absolute atomic E-state index is 10.5. The first-order valence-electron chi connectivity index (χ1n) is 5.07. The molecule has 5 heteroatoms. The van der Waals surface area contributed by atoms with Crippen LogP contribution in [0.5, 0.6) is 5.75 Å². The van der Waals surface area contributed by atoms with E-state index in [-0.39, 0.29) is 0 Å². The lowest BCUT2D eigenvalue weighted by Crippen LogP contribution is -1.98. The Balaban J connectivity index is 3.10. The number of aliphatic carboxylic acids is 1. The Hall–Kier alpha value is -0.810. The van der Waals surface area contributed by atoms with Crippen LogP contribution in [0.2, 0.25) is 0 Å². The number of carboxylic acid groups (broad SMARTS) is 1. The molecule has 0 aliphatic heterocycles. The van der Waals surface area contributed by atoms with Gasteiger partial charge in [0.15, 0.2) is 0 Å². The van der Waals surface area contributed by atoms with Gasteiger partial charge in [0.2, 0.25) is 0 Å². The Kier molecular flexibility index (Phi) is 5.71. The Labute approximate surface area is 117 Å². The second-order valence-electron chi connectivity index (χ2n) is 3.33. The van der Waals surface area contributed by atoms with Gasteiger partial charge in [0.1, 0.15) is 5.75 Å². The van der Waals surface area contributed by atoms with Crippen molar-refractivity contribution in [2.45, 2.75) is 13.3 Å². The lowest BCUT2D eigenvalue weighted by Gasteiger charge is -2.11. The normalized spacial score (nSPS) is 10.8. The van der Waals surface area contributed by atoms with Crippen LogP contribution in [0.1, 0.15) is 18.9 Å². The van der Waals surface area contributed by atoms with Crippen LogP contribution in [0.25, 0.3) is 6.08 Å². The standard InChI is InChI=1S/C12H12Br2O3/c1-2-5-17-12-8(3-4-11(15)16)6-9(13)7-10(12)14/h3-4,6-7H,2,5H2,1H3,(H,15,16)/b4-3+. The van der Waals surface area contributed by atoms with E-state index in [4.69, 9.17) is 9.84 Å². The van der Waals surface area contributed by atoms with Crippen LogP contribution >= 0.6 is 31.9 Å². The highest BCUT2D eigenvalue weighted by Crippen LogP contribution is 2.33. The quantitative estimate of drug-likeness (QED) is 0.801. The first-order valence-corrected chi connectivity index (χ1v) is 6.66. The Morgan fingerprint density at radius 3 is 2.76 bits per heavy atom. The summed E-state index contributed by atoms with van der Waals surface area (Å²) in [6.07, 6.45) is 3.50. The Bertz CT molecular complexity index is 442. The molecule has 0 saturated carbocycles. The minimum absolute atomic E-state index is 0.591. The Morgan fingerprint density at radius 1 is 1.47 bits per heavy atom. The predicted octanol–water partition coefficient (Wildman–Crippen LogP) is 4.10. The van der Waals surface area contributed by atoms with E-state index >= 15 is 0 Å². The number of carboxylic acids is 1. The van der Waals surface area contributed by atoms with Crippen LogP contribution in [-0.4, -0.2) is 17.7 Å².